The number of nitrogens with zero attached hydrogens (tertiary/aromatic N) is 3. The zero-order chi connectivity index (χ0) is 29.1. The highest BCUT2D eigenvalue weighted by atomic mass is 16.5. The third-order valence-electron chi connectivity index (χ3n) is 8.71. The fourth-order valence-electron chi connectivity index (χ4n) is 6.53. The predicted molar refractivity (Wildman–Crippen MR) is 161 cm³/mol. The number of aromatic nitrogens is 1. The molecule has 10 nitrogen and oxygen atoms in total. The third kappa shape index (κ3) is 5.57. The van der Waals surface area contributed by atoms with Crippen molar-refractivity contribution >= 4 is 22.6 Å². The van der Waals surface area contributed by atoms with Crippen LogP contribution >= 0.6 is 0 Å². The lowest BCUT2D eigenvalue weighted by atomic mass is 9.88. The van der Waals surface area contributed by atoms with E-state index in [-0.39, 0.29) is 12.1 Å². The SMILES string of the molecule is CCOc1cc2c(cc1OC)CCN(C(=O)N1CCOCC1)C2CCc1c[nH]c2c(N3CCOCC3)cc(OC)cc12. The number of aromatic amines is 1. The molecule has 3 aliphatic rings. The summed E-state index contributed by atoms with van der Waals surface area (Å²) in [5, 5.41) is 1.16. The minimum Gasteiger partial charge on any atom is -0.497 e. The van der Waals surface area contributed by atoms with Gasteiger partial charge >= 0.3 is 6.03 Å². The van der Waals surface area contributed by atoms with Crippen LogP contribution < -0.4 is 19.1 Å². The lowest BCUT2D eigenvalue weighted by Crippen LogP contribution is -2.51. The van der Waals surface area contributed by atoms with E-state index >= 15 is 0 Å². The van der Waals surface area contributed by atoms with Gasteiger partial charge in [-0.3, -0.25) is 0 Å². The fourth-order valence-corrected chi connectivity index (χ4v) is 6.53. The van der Waals surface area contributed by atoms with Gasteiger partial charge in [0.1, 0.15) is 5.75 Å². The normalized spacial score (nSPS) is 19.1. The molecule has 4 heterocycles. The van der Waals surface area contributed by atoms with Gasteiger partial charge in [0, 0.05) is 50.4 Å². The standard InChI is InChI=1S/C32H42N4O6/c1-4-42-30-20-25-22(17-29(30)39-3)7-8-36(32(37)35-11-15-41-16-12-35)27(25)6-5-23-21-33-31-26(23)18-24(38-2)19-28(31)34-9-13-40-14-10-34/h17-21,27,33H,4-16H2,1-3H3. The minimum absolute atomic E-state index is 0.0814. The molecule has 3 aliphatic heterocycles. The second-order valence-electron chi connectivity index (χ2n) is 11.0. The Labute approximate surface area is 247 Å². The average Bonchev–Trinajstić information content (AvgIpc) is 3.46. The predicted octanol–water partition coefficient (Wildman–Crippen LogP) is 4.40. The molecule has 1 N–H and O–H groups in total. The van der Waals surface area contributed by atoms with Gasteiger partial charge < -0.3 is 43.4 Å². The van der Waals surface area contributed by atoms with Gasteiger partial charge in [-0.1, -0.05) is 0 Å². The average molecular weight is 579 g/mol. The Kier molecular flexibility index (Phi) is 8.62. The number of urea groups is 1. The zero-order valence-electron chi connectivity index (χ0n) is 24.9. The highest BCUT2D eigenvalue weighted by Gasteiger charge is 2.35. The number of aryl methyl sites for hydroxylation is 1. The largest absolute Gasteiger partial charge is 0.497 e. The van der Waals surface area contributed by atoms with E-state index in [2.05, 4.69) is 45.2 Å². The highest BCUT2D eigenvalue weighted by molar-refractivity contribution is 5.95. The molecule has 2 aromatic carbocycles. The van der Waals surface area contributed by atoms with E-state index in [1.165, 1.54) is 11.1 Å². The fraction of sp³-hybridized carbons (Fsp3) is 0.531. The van der Waals surface area contributed by atoms with Gasteiger partial charge in [0.2, 0.25) is 0 Å². The molecule has 6 rings (SSSR count). The number of fused-ring (bicyclic) bond motifs is 2. The molecular formula is C32H42N4O6. The van der Waals surface area contributed by atoms with Crippen LogP contribution in [0.1, 0.15) is 36.1 Å². The summed E-state index contributed by atoms with van der Waals surface area (Å²) in [6, 6.07) is 8.40. The number of hydrogen-bond acceptors (Lipinski definition) is 7. The molecule has 0 aliphatic carbocycles. The van der Waals surface area contributed by atoms with Gasteiger partial charge in [0.25, 0.3) is 0 Å². The minimum atomic E-state index is -0.0940. The first kappa shape index (κ1) is 28.5. The first-order valence-corrected chi connectivity index (χ1v) is 15.1. The van der Waals surface area contributed by atoms with Crippen LogP contribution in [0.15, 0.2) is 30.5 Å². The molecule has 2 fully saturated rings. The summed E-state index contributed by atoms with van der Waals surface area (Å²) < 4.78 is 28.5. The Morgan fingerprint density at radius 3 is 2.43 bits per heavy atom. The number of nitrogens with one attached hydrogen (secondary N) is 1. The van der Waals surface area contributed by atoms with Crippen molar-refractivity contribution in [1.29, 1.82) is 0 Å². The molecule has 1 unspecified atom stereocenters. The summed E-state index contributed by atoms with van der Waals surface area (Å²) in [4.78, 5) is 23.8. The summed E-state index contributed by atoms with van der Waals surface area (Å²) >= 11 is 0. The smallest absolute Gasteiger partial charge is 0.320 e. The summed E-state index contributed by atoms with van der Waals surface area (Å²) in [5.41, 5.74) is 5.81. The third-order valence-corrected chi connectivity index (χ3v) is 8.71. The number of carbonyl (C=O) groups is 1. The molecule has 0 radical (unpaired) electrons. The molecule has 3 aromatic rings. The second-order valence-corrected chi connectivity index (χ2v) is 11.0. The van der Waals surface area contributed by atoms with E-state index < -0.39 is 0 Å². The van der Waals surface area contributed by atoms with E-state index in [4.69, 9.17) is 23.7 Å². The van der Waals surface area contributed by atoms with Crippen LogP contribution in [-0.2, 0) is 22.3 Å². The number of anilines is 1. The number of morpholine rings is 2. The van der Waals surface area contributed by atoms with Gasteiger partial charge in [-0.2, -0.15) is 0 Å². The number of rotatable bonds is 8. The summed E-state index contributed by atoms with van der Waals surface area (Å²) in [5.74, 6) is 2.29. The van der Waals surface area contributed by atoms with Crippen LogP contribution in [0.5, 0.6) is 17.2 Å². The van der Waals surface area contributed by atoms with Crippen LogP contribution in [0.2, 0.25) is 0 Å². The number of carbonyl (C=O) groups excluding carboxylic acids is 1. The van der Waals surface area contributed by atoms with Crippen molar-refractivity contribution in [1.82, 2.24) is 14.8 Å². The Bertz CT molecular complexity index is 1400. The topological polar surface area (TPSA) is 88.7 Å². The van der Waals surface area contributed by atoms with Crippen molar-refractivity contribution in [3.05, 3.63) is 47.2 Å². The number of benzene rings is 2. The van der Waals surface area contributed by atoms with Gasteiger partial charge in [-0.05, 0) is 61.1 Å². The van der Waals surface area contributed by atoms with Crippen molar-refractivity contribution in [2.24, 2.45) is 0 Å². The Morgan fingerprint density at radius 2 is 1.71 bits per heavy atom. The number of ether oxygens (including phenoxy) is 5. The van der Waals surface area contributed by atoms with Gasteiger partial charge in [0.15, 0.2) is 11.5 Å². The van der Waals surface area contributed by atoms with Gasteiger partial charge in [-0.25, -0.2) is 4.79 Å². The molecule has 1 aromatic heterocycles. The van der Waals surface area contributed by atoms with Crippen molar-refractivity contribution in [3.8, 4) is 17.2 Å². The lowest BCUT2D eigenvalue weighted by Gasteiger charge is -2.41. The molecule has 1 atom stereocenters. The molecule has 0 spiro atoms. The van der Waals surface area contributed by atoms with Gasteiger partial charge in [0.05, 0.1) is 64.5 Å². The number of hydrogen-bond donors (Lipinski definition) is 1. The van der Waals surface area contributed by atoms with Crippen LogP contribution in [0.25, 0.3) is 10.9 Å². The van der Waals surface area contributed by atoms with Crippen LogP contribution in [-0.4, -0.2) is 101 Å². The molecular weight excluding hydrogens is 536 g/mol. The van der Waals surface area contributed by atoms with Crippen molar-refractivity contribution in [2.75, 3.05) is 84.9 Å². The Morgan fingerprint density at radius 1 is 0.952 bits per heavy atom. The van der Waals surface area contributed by atoms with Crippen LogP contribution in [0, 0.1) is 0 Å². The second kappa shape index (κ2) is 12.7. The van der Waals surface area contributed by atoms with Crippen molar-refractivity contribution < 1.29 is 28.5 Å². The quantitative estimate of drug-likeness (QED) is 0.424. The monoisotopic (exact) mass is 578 g/mol. The van der Waals surface area contributed by atoms with E-state index in [1.54, 1.807) is 14.2 Å². The Hall–Kier alpha value is -3.63. The van der Waals surface area contributed by atoms with Crippen molar-refractivity contribution in [2.45, 2.75) is 32.2 Å². The van der Waals surface area contributed by atoms with Crippen LogP contribution in [0.4, 0.5) is 10.5 Å². The first-order valence-electron chi connectivity index (χ1n) is 15.1. The molecule has 2 amide bonds. The maximum atomic E-state index is 13.9. The summed E-state index contributed by atoms with van der Waals surface area (Å²) in [6.45, 7) is 8.70. The van der Waals surface area contributed by atoms with E-state index in [0.717, 1.165) is 85.0 Å². The summed E-state index contributed by atoms with van der Waals surface area (Å²) in [6.07, 6.45) is 4.46. The van der Waals surface area contributed by atoms with Crippen molar-refractivity contribution in [3.63, 3.8) is 0 Å². The number of H-pyrrole nitrogens is 1. The van der Waals surface area contributed by atoms with Gasteiger partial charge in [-0.15, -0.1) is 0 Å². The first-order chi connectivity index (χ1) is 20.6. The maximum absolute atomic E-state index is 13.9. The lowest BCUT2D eigenvalue weighted by molar-refractivity contribution is 0.0376. The number of amides is 2. The summed E-state index contributed by atoms with van der Waals surface area (Å²) in [7, 11) is 3.39. The molecule has 0 saturated carbocycles. The van der Waals surface area contributed by atoms with E-state index in [1.807, 2.05) is 11.8 Å². The zero-order valence-corrected chi connectivity index (χ0v) is 24.9. The molecule has 2 saturated heterocycles. The molecule has 10 heteroatoms. The molecule has 226 valence electrons. The highest BCUT2D eigenvalue weighted by Crippen LogP contribution is 2.41. The van der Waals surface area contributed by atoms with E-state index in [9.17, 15) is 4.79 Å². The maximum Gasteiger partial charge on any atom is 0.320 e. The van der Waals surface area contributed by atoms with E-state index in [0.29, 0.717) is 39.5 Å². The number of methoxy groups -OCH3 is 2. The van der Waals surface area contributed by atoms with Crippen LogP contribution in [0.3, 0.4) is 0 Å². The Balaban J connectivity index is 1.34. The molecule has 42 heavy (non-hydrogen) atoms. The molecule has 0 bridgehead atoms.